The molecule has 4 rings (SSSR count). The second-order valence-corrected chi connectivity index (χ2v) is 10.1. The van der Waals surface area contributed by atoms with Crippen LogP contribution in [0.25, 0.3) is 22.4 Å². The predicted molar refractivity (Wildman–Crippen MR) is 129 cm³/mol. The van der Waals surface area contributed by atoms with Crippen molar-refractivity contribution in [3.63, 3.8) is 0 Å². The zero-order valence-corrected chi connectivity index (χ0v) is 19.9. The molecule has 172 valence electrons. The summed E-state index contributed by atoms with van der Waals surface area (Å²) in [7, 11) is -3.67. The van der Waals surface area contributed by atoms with E-state index in [0.717, 1.165) is 34.6 Å². The van der Waals surface area contributed by atoms with Gasteiger partial charge in [-0.05, 0) is 55.3 Å². The summed E-state index contributed by atoms with van der Waals surface area (Å²) in [5.74, 6) is 0.752. The number of imidazole rings is 1. The lowest BCUT2D eigenvalue weighted by Crippen LogP contribution is -2.32. The highest BCUT2D eigenvalue weighted by molar-refractivity contribution is 7.90. The first-order valence-corrected chi connectivity index (χ1v) is 12.6. The molecule has 2 aromatic carbocycles. The maximum Gasteiger partial charge on any atom is 0.264 e. The van der Waals surface area contributed by atoms with Crippen molar-refractivity contribution in [3.8, 4) is 11.3 Å². The molecule has 0 radical (unpaired) electrons. The second kappa shape index (κ2) is 9.41. The number of carbonyl (C=O) groups excluding carboxylic acids is 1. The Bertz CT molecular complexity index is 1410. The molecule has 1 N–H and O–H groups in total. The number of nitrogens with zero attached hydrogens (tertiary/aromatic N) is 2. The van der Waals surface area contributed by atoms with E-state index < -0.39 is 15.9 Å². The molecule has 1 amide bonds. The first-order valence-electron chi connectivity index (χ1n) is 10.6. The van der Waals surface area contributed by atoms with Gasteiger partial charge in [0.2, 0.25) is 10.0 Å². The number of aromatic nitrogens is 2. The van der Waals surface area contributed by atoms with Crippen molar-refractivity contribution in [2.45, 2.75) is 33.2 Å². The molecule has 0 aliphatic carbocycles. The minimum Gasteiger partial charge on any atom is -0.464 e. The van der Waals surface area contributed by atoms with Crippen molar-refractivity contribution in [2.24, 2.45) is 0 Å². The Labute approximate surface area is 197 Å². The maximum atomic E-state index is 12.6. The number of halogens is 1. The van der Waals surface area contributed by atoms with Crippen LogP contribution in [0.1, 0.15) is 41.5 Å². The quantitative estimate of drug-likeness (QED) is 0.371. The van der Waals surface area contributed by atoms with Crippen LogP contribution in [0.4, 0.5) is 0 Å². The molecule has 4 aromatic rings. The lowest BCUT2D eigenvalue weighted by molar-refractivity contribution is 0.0981. The number of amides is 1. The fourth-order valence-electron chi connectivity index (χ4n) is 3.61. The third-order valence-corrected chi connectivity index (χ3v) is 7.08. The van der Waals surface area contributed by atoms with Crippen LogP contribution in [0, 0.1) is 6.92 Å². The molecule has 0 aliphatic heterocycles. The summed E-state index contributed by atoms with van der Waals surface area (Å²) in [5.41, 5.74) is 3.44. The lowest BCUT2D eigenvalue weighted by atomic mass is 10.1. The number of carbonyl (C=O) groups is 1. The van der Waals surface area contributed by atoms with Gasteiger partial charge >= 0.3 is 0 Å². The minimum absolute atomic E-state index is 0.0823. The molecule has 0 spiro atoms. The smallest absolute Gasteiger partial charge is 0.264 e. The van der Waals surface area contributed by atoms with Crippen LogP contribution < -0.4 is 4.72 Å². The summed E-state index contributed by atoms with van der Waals surface area (Å²) in [6.45, 7) is 4.21. The highest BCUT2D eigenvalue weighted by Gasteiger charge is 2.18. The van der Waals surface area contributed by atoms with Gasteiger partial charge in [-0.1, -0.05) is 37.1 Å². The van der Waals surface area contributed by atoms with E-state index in [1.54, 1.807) is 24.5 Å². The van der Waals surface area contributed by atoms with Gasteiger partial charge in [-0.3, -0.25) is 4.79 Å². The molecule has 0 saturated heterocycles. The molecule has 2 aromatic heterocycles. The number of aryl methyl sites for hydroxylation is 1. The third kappa shape index (κ3) is 5.12. The topological polar surface area (TPSA) is 94.2 Å². The zero-order chi connectivity index (χ0) is 23.6. The maximum absolute atomic E-state index is 12.6. The average Bonchev–Trinajstić information content (AvgIpc) is 3.41. The number of sulfonamides is 1. The number of rotatable bonds is 8. The SMILES string of the molecule is CCCCS(=O)(=O)NC(=O)c1ccc2nc(C)n(Cc3ccc(-c4ccco4)cc3Cl)c2c1. The van der Waals surface area contributed by atoms with E-state index in [2.05, 4.69) is 9.71 Å². The van der Waals surface area contributed by atoms with Crippen LogP contribution in [-0.2, 0) is 16.6 Å². The molecule has 0 unspecified atom stereocenters. The van der Waals surface area contributed by atoms with Gasteiger partial charge in [0.1, 0.15) is 11.6 Å². The van der Waals surface area contributed by atoms with Gasteiger partial charge in [0.15, 0.2) is 0 Å². The monoisotopic (exact) mass is 485 g/mol. The Morgan fingerprint density at radius 1 is 1.18 bits per heavy atom. The summed E-state index contributed by atoms with van der Waals surface area (Å²) in [6.07, 6.45) is 2.83. The van der Waals surface area contributed by atoms with Crippen LogP contribution in [0.2, 0.25) is 5.02 Å². The van der Waals surface area contributed by atoms with Crippen molar-refractivity contribution in [1.82, 2.24) is 14.3 Å². The van der Waals surface area contributed by atoms with Crippen molar-refractivity contribution < 1.29 is 17.6 Å². The van der Waals surface area contributed by atoms with Gasteiger partial charge in [0.25, 0.3) is 5.91 Å². The summed E-state index contributed by atoms with van der Waals surface area (Å²) in [6, 6.07) is 14.4. The van der Waals surface area contributed by atoms with E-state index >= 15 is 0 Å². The van der Waals surface area contributed by atoms with Crippen molar-refractivity contribution >= 4 is 38.6 Å². The number of fused-ring (bicyclic) bond motifs is 1. The zero-order valence-electron chi connectivity index (χ0n) is 18.3. The molecule has 2 heterocycles. The molecule has 0 bridgehead atoms. The van der Waals surface area contributed by atoms with E-state index in [0.29, 0.717) is 23.5 Å². The normalized spacial score (nSPS) is 11.7. The molecule has 0 aliphatic rings. The molecular weight excluding hydrogens is 462 g/mol. The van der Waals surface area contributed by atoms with E-state index in [4.69, 9.17) is 16.0 Å². The average molecular weight is 486 g/mol. The molecule has 0 atom stereocenters. The molecule has 7 nitrogen and oxygen atoms in total. The molecule has 9 heteroatoms. The Balaban J connectivity index is 1.62. The van der Waals surface area contributed by atoms with Gasteiger partial charge < -0.3 is 8.98 Å². The minimum atomic E-state index is -3.67. The molecule has 33 heavy (non-hydrogen) atoms. The van der Waals surface area contributed by atoms with Crippen LogP contribution in [0.15, 0.2) is 59.2 Å². The first kappa shape index (κ1) is 23.1. The molecule has 0 fully saturated rings. The fraction of sp³-hybridized carbons (Fsp3) is 0.250. The number of hydrogen-bond donors (Lipinski definition) is 1. The second-order valence-electron chi connectivity index (χ2n) is 7.84. The standard InChI is InChI=1S/C24H24ClN3O4S/c1-3-4-12-33(30,31)27-24(29)18-9-10-21-22(14-18)28(16(2)26-21)15-19-8-7-17(13-20(19)25)23-6-5-11-32-23/h5-11,13-14H,3-4,12,15H2,1-2H3,(H,27,29). The van der Waals surface area contributed by atoms with Crippen LogP contribution in [0.5, 0.6) is 0 Å². The fourth-order valence-corrected chi connectivity index (χ4v) is 5.02. The van der Waals surface area contributed by atoms with Gasteiger partial charge in [0.05, 0.1) is 29.6 Å². The number of hydrogen-bond acceptors (Lipinski definition) is 5. The van der Waals surface area contributed by atoms with Crippen LogP contribution in [-0.4, -0.2) is 29.6 Å². The highest BCUT2D eigenvalue weighted by atomic mass is 35.5. The Hall–Kier alpha value is -3.10. The van der Waals surface area contributed by atoms with E-state index in [9.17, 15) is 13.2 Å². The van der Waals surface area contributed by atoms with Crippen molar-refractivity contribution in [2.75, 3.05) is 5.75 Å². The van der Waals surface area contributed by atoms with Crippen LogP contribution in [0.3, 0.4) is 0 Å². The Morgan fingerprint density at radius 2 is 2.00 bits per heavy atom. The predicted octanol–water partition coefficient (Wildman–Crippen LogP) is 5.17. The third-order valence-electron chi connectivity index (χ3n) is 5.40. The van der Waals surface area contributed by atoms with Gasteiger partial charge in [-0.25, -0.2) is 18.1 Å². The number of unbranched alkanes of at least 4 members (excludes halogenated alkanes) is 1. The number of benzene rings is 2. The first-order chi connectivity index (χ1) is 15.8. The molecule has 0 saturated carbocycles. The van der Waals surface area contributed by atoms with Gasteiger partial charge in [-0.15, -0.1) is 0 Å². The summed E-state index contributed by atoms with van der Waals surface area (Å²) in [4.78, 5) is 17.2. The number of nitrogens with one attached hydrogen (secondary N) is 1. The summed E-state index contributed by atoms with van der Waals surface area (Å²) in [5, 5.41) is 0.584. The van der Waals surface area contributed by atoms with Crippen molar-refractivity contribution in [1.29, 1.82) is 0 Å². The van der Waals surface area contributed by atoms with Crippen LogP contribution >= 0.6 is 11.6 Å². The largest absolute Gasteiger partial charge is 0.464 e. The number of furan rings is 1. The van der Waals surface area contributed by atoms with E-state index in [1.165, 1.54) is 0 Å². The lowest BCUT2D eigenvalue weighted by Gasteiger charge is -2.11. The van der Waals surface area contributed by atoms with Gasteiger partial charge in [-0.2, -0.15) is 0 Å². The molecular formula is C24H24ClN3O4S. The highest BCUT2D eigenvalue weighted by Crippen LogP contribution is 2.28. The van der Waals surface area contributed by atoms with E-state index in [-0.39, 0.29) is 11.3 Å². The van der Waals surface area contributed by atoms with E-state index in [1.807, 2.05) is 48.7 Å². The summed E-state index contributed by atoms with van der Waals surface area (Å²) >= 11 is 6.56. The Kier molecular flexibility index (Phi) is 6.58. The summed E-state index contributed by atoms with van der Waals surface area (Å²) < 4.78 is 33.8. The Morgan fingerprint density at radius 3 is 2.70 bits per heavy atom. The van der Waals surface area contributed by atoms with Crippen molar-refractivity contribution in [3.05, 3.63) is 76.8 Å². The van der Waals surface area contributed by atoms with Gasteiger partial charge in [0, 0.05) is 16.1 Å².